The van der Waals surface area contributed by atoms with E-state index in [-0.39, 0.29) is 24.3 Å². The Morgan fingerprint density at radius 2 is 2.12 bits per heavy atom. The molecule has 5 rings (SSSR count). The summed E-state index contributed by atoms with van der Waals surface area (Å²) in [4.78, 5) is 33.4. The Morgan fingerprint density at radius 3 is 2.85 bits per heavy atom. The number of carbonyl (C=O) groups excluding carboxylic acids is 2. The second-order valence-corrected chi connectivity index (χ2v) is 7.07. The first kappa shape index (κ1) is 16.7. The third kappa shape index (κ3) is 3.18. The molecule has 3 aliphatic rings. The zero-order chi connectivity index (χ0) is 18.1. The topological polar surface area (TPSA) is 92.4 Å². The quantitative estimate of drug-likeness (QED) is 0.818. The second-order valence-electron chi connectivity index (χ2n) is 7.07. The van der Waals surface area contributed by atoms with Crippen molar-refractivity contribution in [3.8, 4) is 0 Å². The normalized spacial score (nSPS) is 22.3. The van der Waals surface area contributed by atoms with Gasteiger partial charge < -0.3 is 9.80 Å². The number of amides is 2. The lowest BCUT2D eigenvalue weighted by Crippen LogP contribution is -2.48. The van der Waals surface area contributed by atoms with Gasteiger partial charge in [0.25, 0.3) is 5.91 Å². The van der Waals surface area contributed by atoms with Crippen molar-refractivity contribution in [3.05, 3.63) is 41.5 Å². The van der Waals surface area contributed by atoms with Crippen molar-refractivity contribution < 1.29 is 14.2 Å². The Labute approximate surface area is 151 Å². The van der Waals surface area contributed by atoms with Crippen molar-refractivity contribution >= 4 is 11.8 Å². The Bertz CT molecular complexity index is 806. The van der Waals surface area contributed by atoms with Gasteiger partial charge >= 0.3 is 0 Å². The van der Waals surface area contributed by atoms with Crippen molar-refractivity contribution in [2.75, 3.05) is 19.6 Å². The monoisotopic (exact) mass is 355 g/mol. The minimum atomic E-state index is -0.0131. The Kier molecular flexibility index (Phi) is 4.40. The van der Waals surface area contributed by atoms with Crippen LogP contribution in [0.4, 0.5) is 0 Å². The largest absolute Gasteiger partial charge is 0.337 e. The average molecular weight is 355 g/mol. The van der Waals surface area contributed by atoms with Gasteiger partial charge in [-0.25, -0.2) is 4.63 Å². The Hall–Kier alpha value is -2.77. The van der Waals surface area contributed by atoms with Crippen molar-refractivity contribution in [2.45, 2.75) is 32.2 Å². The summed E-state index contributed by atoms with van der Waals surface area (Å²) in [5.74, 6) is 0.310. The molecule has 0 N–H and O–H groups in total. The molecule has 5 heterocycles. The summed E-state index contributed by atoms with van der Waals surface area (Å²) >= 11 is 0. The van der Waals surface area contributed by atoms with Crippen molar-refractivity contribution in [3.63, 3.8) is 0 Å². The van der Waals surface area contributed by atoms with Crippen molar-refractivity contribution in [1.82, 2.24) is 25.1 Å². The highest BCUT2D eigenvalue weighted by Gasteiger charge is 2.39. The summed E-state index contributed by atoms with van der Waals surface area (Å²) in [7, 11) is 0. The molecule has 0 aromatic carbocycles. The molecule has 2 unspecified atom stereocenters. The standard InChI is InChI=1S/C18H21N5O3/c1-12-16(21-26-20-12)7-17(24)23-10-13-4-5-15(23)11-22(9-13)18(25)14-3-2-6-19-8-14/h2-3,6,8,13,15H,4-5,7,9-11H2,1H3. The number of fused-ring (bicyclic) bond motifs is 4. The van der Waals surface area contributed by atoms with Gasteiger partial charge in [0.1, 0.15) is 11.4 Å². The molecule has 0 saturated carbocycles. The minimum Gasteiger partial charge on any atom is -0.337 e. The first-order valence-electron chi connectivity index (χ1n) is 8.88. The third-order valence-corrected chi connectivity index (χ3v) is 5.29. The number of hydrogen-bond acceptors (Lipinski definition) is 6. The van der Waals surface area contributed by atoms with Crippen LogP contribution in [0.25, 0.3) is 0 Å². The van der Waals surface area contributed by atoms with E-state index in [0.717, 1.165) is 12.8 Å². The predicted molar refractivity (Wildman–Crippen MR) is 91.1 cm³/mol. The summed E-state index contributed by atoms with van der Waals surface area (Å²) in [5, 5.41) is 7.55. The Balaban J connectivity index is 1.49. The van der Waals surface area contributed by atoms with Crippen molar-refractivity contribution in [2.24, 2.45) is 5.92 Å². The third-order valence-electron chi connectivity index (χ3n) is 5.29. The molecule has 0 aliphatic carbocycles. The molecule has 0 spiro atoms. The van der Waals surface area contributed by atoms with E-state index < -0.39 is 0 Å². The molecular formula is C18H21N5O3. The number of piperidine rings is 1. The van der Waals surface area contributed by atoms with Crippen LogP contribution in [0, 0.1) is 12.8 Å². The van der Waals surface area contributed by atoms with Gasteiger partial charge in [-0.3, -0.25) is 14.6 Å². The molecule has 8 heteroatoms. The van der Waals surface area contributed by atoms with E-state index in [2.05, 4.69) is 19.9 Å². The van der Waals surface area contributed by atoms with E-state index in [4.69, 9.17) is 0 Å². The van der Waals surface area contributed by atoms with Gasteiger partial charge in [-0.2, -0.15) is 0 Å². The zero-order valence-corrected chi connectivity index (χ0v) is 14.7. The molecule has 2 aromatic heterocycles. The highest BCUT2D eigenvalue weighted by Crippen LogP contribution is 2.29. The van der Waals surface area contributed by atoms with Crippen LogP contribution in [0.2, 0.25) is 0 Å². The van der Waals surface area contributed by atoms with Gasteiger partial charge in [-0.15, -0.1) is 0 Å². The molecule has 2 bridgehead atoms. The first-order valence-corrected chi connectivity index (χ1v) is 8.88. The van der Waals surface area contributed by atoms with E-state index in [1.165, 1.54) is 0 Å². The number of nitrogens with zero attached hydrogens (tertiary/aromatic N) is 5. The lowest BCUT2D eigenvalue weighted by molar-refractivity contribution is -0.134. The van der Waals surface area contributed by atoms with Crippen LogP contribution in [0.5, 0.6) is 0 Å². The Morgan fingerprint density at radius 1 is 1.23 bits per heavy atom. The van der Waals surface area contributed by atoms with Crippen LogP contribution < -0.4 is 0 Å². The first-order chi connectivity index (χ1) is 12.6. The summed E-state index contributed by atoms with van der Waals surface area (Å²) in [6.45, 7) is 3.71. The van der Waals surface area contributed by atoms with Crippen LogP contribution in [0.3, 0.4) is 0 Å². The predicted octanol–water partition coefficient (Wildman–Crippen LogP) is 1.08. The highest BCUT2D eigenvalue weighted by atomic mass is 16.6. The molecule has 2 atom stereocenters. The number of rotatable bonds is 3. The van der Waals surface area contributed by atoms with Gasteiger partial charge in [0.2, 0.25) is 5.91 Å². The number of carbonyl (C=O) groups is 2. The van der Waals surface area contributed by atoms with Crippen LogP contribution in [-0.2, 0) is 11.2 Å². The number of aromatic nitrogens is 3. The maximum atomic E-state index is 12.8. The smallest absolute Gasteiger partial charge is 0.255 e. The van der Waals surface area contributed by atoms with Crippen LogP contribution in [0.1, 0.15) is 34.6 Å². The highest BCUT2D eigenvalue weighted by molar-refractivity contribution is 5.94. The SMILES string of the molecule is Cc1nonc1CC(=O)N1CC2CCC1CN(C(=O)c1cccnc1)C2. The molecule has 136 valence electrons. The molecule has 0 radical (unpaired) electrons. The molecule has 2 amide bonds. The maximum absolute atomic E-state index is 12.8. The van der Waals surface area contributed by atoms with Crippen LogP contribution >= 0.6 is 0 Å². The number of aryl methyl sites for hydroxylation is 1. The molecule has 3 fully saturated rings. The lowest BCUT2D eigenvalue weighted by Gasteiger charge is -2.36. The van der Waals surface area contributed by atoms with Crippen molar-refractivity contribution in [1.29, 1.82) is 0 Å². The summed E-state index contributed by atoms with van der Waals surface area (Å²) < 4.78 is 4.69. The number of pyridine rings is 1. The van der Waals surface area contributed by atoms with E-state index in [1.54, 1.807) is 31.5 Å². The average Bonchev–Trinajstić information content (AvgIpc) is 2.87. The van der Waals surface area contributed by atoms with Gasteiger partial charge in [0.05, 0.1) is 12.0 Å². The van der Waals surface area contributed by atoms with Gasteiger partial charge in [-0.05, 0) is 37.8 Å². The second kappa shape index (κ2) is 6.86. The molecule has 3 aliphatic heterocycles. The molecule has 2 aromatic rings. The van der Waals surface area contributed by atoms with Crippen LogP contribution in [0.15, 0.2) is 29.2 Å². The fourth-order valence-corrected chi connectivity index (χ4v) is 3.88. The fraction of sp³-hybridized carbons (Fsp3) is 0.500. The maximum Gasteiger partial charge on any atom is 0.255 e. The summed E-state index contributed by atoms with van der Waals surface area (Å²) in [6.07, 6.45) is 5.40. The zero-order valence-electron chi connectivity index (χ0n) is 14.7. The molecule has 3 saturated heterocycles. The molecule has 8 nitrogen and oxygen atoms in total. The molecular weight excluding hydrogens is 334 g/mol. The minimum absolute atomic E-state index is 0.0131. The van der Waals surface area contributed by atoms with Crippen LogP contribution in [-0.4, -0.2) is 62.6 Å². The summed E-state index contributed by atoms with van der Waals surface area (Å²) in [5.41, 5.74) is 1.82. The van der Waals surface area contributed by atoms with E-state index in [0.29, 0.717) is 42.5 Å². The number of hydrogen-bond donors (Lipinski definition) is 0. The summed E-state index contributed by atoms with van der Waals surface area (Å²) in [6, 6.07) is 3.59. The van der Waals surface area contributed by atoms with E-state index in [1.807, 2.05) is 9.80 Å². The van der Waals surface area contributed by atoms with E-state index in [9.17, 15) is 9.59 Å². The van der Waals surface area contributed by atoms with Gasteiger partial charge in [0, 0.05) is 38.1 Å². The van der Waals surface area contributed by atoms with Gasteiger partial charge in [-0.1, -0.05) is 10.3 Å². The van der Waals surface area contributed by atoms with Gasteiger partial charge in [0.15, 0.2) is 0 Å². The fourth-order valence-electron chi connectivity index (χ4n) is 3.88. The molecule has 26 heavy (non-hydrogen) atoms. The lowest BCUT2D eigenvalue weighted by atomic mass is 9.94. The van der Waals surface area contributed by atoms with E-state index >= 15 is 0 Å².